The van der Waals surface area contributed by atoms with Gasteiger partial charge in [-0.05, 0) is 18.9 Å². The van der Waals surface area contributed by atoms with Gasteiger partial charge in [0, 0.05) is 23.6 Å². The number of carboxylic acids is 1. The maximum atomic E-state index is 12.7. The number of nitrogens with zero attached hydrogens (tertiary/aromatic N) is 1. The molecular weight excluding hydrogens is 304 g/mol. The lowest BCUT2D eigenvalue weighted by molar-refractivity contribution is -0.140. The molecule has 1 aromatic carbocycles. The van der Waals surface area contributed by atoms with Gasteiger partial charge in [0.2, 0.25) is 10.0 Å². The molecule has 1 aromatic heterocycles. The second-order valence-electron chi connectivity index (χ2n) is 5.67. The van der Waals surface area contributed by atoms with Gasteiger partial charge in [-0.3, -0.25) is 4.79 Å². The molecule has 7 heteroatoms. The van der Waals surface area contributed by atoms with Gasteiger partial charge in [0.25, 0.3) is 0 Å². The summed E-state index contributed by atoms with van der Waals surface area (Å²) in [6.07, 6.45) is 0. The highest BCUT2D eigenvalue weighted by Crippen LogP contribution is 2.29. The number of para-hydroxylation sites is 1. The number of rotatable bonds is 5. The lowest BCUT2D eigenvalue weighted by Crippen LogP contribution is -2.44. The highest BCUT2D eigenvalue weighted by atomic mass is 32.2. The topological polar surface area (TPSA) is 88.4 Å². The van der Waals surface area contributed by atoms with Crippen LogP contribution in [-0.2, 0) is 21.9 Å². The van der Waals surface area contributed by atoms with E-state index in [1.807, 2.05) is 12.1 Å². The zero-order valence-corrected chi connectivity index (χ0v) is 13.8. The molecule has 2 rings (SSSR count). The Labute approximate surface area is 129 Å². The number of hydrogen-bond donors (Lipinski definition) is 2. The van der Waals surface area contributed by atoms with Gasteiger partial charge in [-0.15, -0.1) is 0 Å². The Kier molecular flexibility index (Phi) is 4.30. The lowest BCUT2D eigenvalue weighted by Gasteiger charge is -2.18. The van der Waals surface area contributed by atoms with Crippen molar-refractivity contribution in [1.29, 1.82) is 0 Å². The molecule has 1 heterocycles. The number of carboxylic acid groups (broad SMARTS) is 1. The van der Waals surface area contributed by atoms with Crippen LogP contribution in [0, 0.1) is 12.8 Å². The van der Waals surface area contributed by atoms with Crippen LogP contribution >= 0.6 is 0 Å². The van der Waals surface area contributed by atoms with Crippen molar-refractivity contribution in [2.45, 2.75) is 31.7 Å². The monoisotopic (exact) mass is 324 g/mol. The number of aliphatic carboxylic acids is 1. The molecule has 1 atom stereocenters. The van der Waals surface area contributed by atoms with E-state index in [4.69, 9.17) is 0 Å². The van der Waals surface area contributed by atoms with Crippen molar-refractivity contribution < 1.29 is 18.3 Å². The van der Waals surface area contributed by atoms with Crippen molar-refractivity contribution in [2.24, 2.45) is 13.0 Å². The predicted molar refractivity (Wildman–Crippen MR) is 84.2 cm³/mol. The molecule has 6 nitrogen and oxygen atoms in total. The molecule has 0 fully saturated rings. The first-order chi connectivity index (χ1) is 10.2. The fourth-order valence-corrected chi connectivity index (χ4v) is 4.34. The van der Waals surface area contributed by atoms with Crippen LogP contribution in [0.4, 0.5) is 0 Å². The second-order valence-corrected chi connectivity index (χ2v) is 7.32. The van der Waals surface area contributed by atoms with Crippen LogP contribution in [-0.4, -0.2) is 30.1 Å². The zero-order valence-electron chi connectivity index (χ0n) is 13.0. The highest BCUT2D eigenvalue weighted by Gasteiger charge is 2.31. The number of aryl methyl sites for hydroxylation is 1. The van der Waals surface area contributed by atoms with E-state index in [-0.39, 0.29) is 10.8 Å². The molecule has 0 radical (unpaired) electrons. The highest BCUT2D eigenvalue weighted by molar-refractivity contribution is 7.89. The summed E-state index contributed by atoms with van der Waals surface area (Å²) in [6.45, 7) is 5.04. The second kappa shape index (κ2) is 5.73. The number of sulfonamides is 1. The Morgan fingerprint density at radius 1 is 1.27 bits per heavy atom. The van der Waals surface area contributed by atoms with E-state index in [1.54, 1.807) is 44.5 Å². The fourth-order valence-electron chi connectivity index (χ4n) is 2.52. The van der Waals surface area contributed by atoms with Crippen molar-refractivity contribution in [3.63, 3.8) is 0 Å². The van der Waals surface area contributed by atoms with E-state index < -0.39 is 22.0 Å². The minimum absolute atomic E-state index is 0.137. The molecule has 0 aliphatic heterocycles. The molecule has 0 spiro atoms. The molecule has 1 unspecified atom stereocenters. The first kappa shape index (κ1) is 16.5. The fraction of sp³-hybridized carbons (Fsp3) is 0.400. The quantitative estimate of drug-likeness (QED) is 0.879. The van der Waals surface area contributed by atoms with E-state index in [1.165, 1.54) is 0 Å². The summed E-state index contributed by atoms with van der Waals surface area (Å²) in [4.78, 5) is 11.4. The summed E-state index contributed by atoms with van der Waals surface area (Å²) in [5.74, 6) is -1.54. The number of aromatic nitrogens is 1. The van der Waals surface area contributed by atoms with Crippen LogP contribution in [0.5, 0.6) is 0 Å². The number of carbonyl (C=O) groups is 1. The van der Waals surface area contributed by atoms with Gasteiger partial charge in [-0.2, -0.15) is 4.72 Å². The van der Waals surface area contributed by atoms with E-state index in [9.17, 15) is 18.3 Å². The first-order valence-electron chi connectivity index (χ1n) is 6.96. The van der Waals surface area contributed by atoms with E-state index in [2.05, 4.69) is 4.72 Å². The molecular formula is C15H20N2O4S. The summed E-state index contributed by atoms with van der Waals surface area (Å²) in [5, 5.41) is 9.80. The molecule has 2 N–H and O–H groups in total. The Balaban J connectivity index is 2.60. The Bertz CT molecular complexity index is 821. The predicted octanol–water partition coefficient (Wildman–Crippen LogP) is 1.87. The minimum Gasteiger partial charge on any atom is -0.480 e. The molecule has 0 aliphatic rings. The number of benzene rings is 1. The molecule has 120 valence electrons. The lowest BCUT2D eigenvalue weighted by atomic mass is 10.1. The summed E-state index contributed by atoms with van der Waals surface area (Å²) < 4.78 is 29.5. The third-order valence-corrected chi connectivity index (χ3v) is 5.44. The normalized spacial score (nSPS) is 13.7. The summed E-state index contributed by atoms with van der Waals surface area (Å²) >= 11 is 0. The van der Waals surface area contributed by atoms with Crippen molar-refractivity contribution in [1.82, 2.24) is 9.29 Å². The molecule has 22 heavy (non-hydrogen) atoms. The summed E-state index contributed by atoms with van der Waals surface area (Å²) in [5.41, 5.74) is 1.36. The largest absolute Gasteiger partial charge is 0.480 e. The molecule has 0 aliphatic carbocycles. The molecule has 0 saturated heterocycles. The number of nitrogens with one attached hydrogen (secondary N) is 1. The number of hydrogen-bond acceptors (Lipinski definition) is 3. The van der Waals surface area contributed by atoms with E-state index in [0.717, 1.165) is 5.52 Å². The van der Waals surface area contributed by atoms with Crippen LogP contribution in [0.3, 0.4) is 0 Å². The van der Waals surface area contributed by atoms with Gasteiger partial charge < -0.3 is 9.67 Å². The molecule has 0 bridgehead atoms. The van der Waals surface area contributed by atoms with Crippen molar-refractivity contribution >= 4 is 26.9 Å². The molecule has 0 amide bonds. The average molecular weight is 324 g/mol. The smallest absolute Gasteiger partial charge is 0.322 e. The standard InChI is InChI=1S/C15H20N2O4S/c1-9(2)13(15(18)19)16-22(20,21)14-10(3)17(4)12-8-6-5-7-11(12)14/h5-9,13,16H,1-4H3,(H,18,19). The molecule has 2 aromatic rings. The van der Waals surface area contributed by atoms with Crippen LogP contribution in [0.25, 0.3) is 10.9 Å². The van der Waals surface area contributed by atoms with Gasteiger partial charge in [0.05, 0.1) is 0 Å². The first-order valence-corrected chi connectivity index (χ1v) is 8.44. The van der Waals surface area contributed by atoms with Crippen molar-refractivity contribution in [2.75, 3.05) is 0 Å². The van der Waals surface area contributed by atoms with E-state index in [0.29, 0.717) is 11.1 Å². The Hall–Kier alpha value is -1.86. The SMILES string of the molecule is Cc1c(S(=O)(=O)NC(C(=O)O)C(C)C)c2ccccc2n1C. The van der Waals surface area contributed by atoms with Crippen LogP contribution in [0.1, 0.15) is 19.5 Å². The van der Waals surface area contributed by atoms with Gasteiger partial charge in [0.15, 0.2) is 0 Å². The third kappa shape index (κ3) is 2.74. The maximum Gasteiger partial charge on any atom is 0.322 e. The Morgan fingerprint density at radius 3 is 2.41 bits per heavy atom. The number of fused-ring (bicyclic) bond motifs is 1. The van der Waals surface area contributed by atoms with Crippen LogP contribution < -0.4 is 4.72 Å². The maximum absolute atomic E-state index is 12.7. The zero-order chi connectivity index (χ0) is 16.7. The van der Waals surface area contributed by atoms with Crippen molar-refractivity contribution in [3.8, 4) is 0 Å². The van der Waals surface area contributed by atoms with E-state index >= 15 is 0 Å². The molecule has 0 saturated carbocycles. The van der Waals surface area contributed by atoms with Crippen LogP contribution in [0.15, 0.2) is 29.2 Å². The van der Waals surface area contributed by atoms with Gasteiger partial charge in [-0.25, -0.2) is 8.42 Å². The summed E-state index contributed by atoms with van der Waals surface area (Å²) in [6, 6.07) is 5.99. The van der Waals surface area contributed by atoms with Gasteiger partial charge in [-0.1, -0.05) is 32.0 Å². The van der Waals surface area contributed by atoms with Gasteiger partial charge >= 0.3 is 5.97 Å². The van der Waals surface area contributed by atoms with Crippen molar-refractivity contribution in [3.05, 3.63) is 30.0 Å². The average Bonchev–Trinajstić information content (AvgIpc) is 2.69. The minimum atomic E-state index is -3.94. The third-order valence-electron chi connectivity index (χ3n) is 3.83. The summed E-state index contributed by atoms with van der Waals surface area (Å²) in [7, 11) is -2.15. The Morgan fingerprint density at radius 2 is 1.86 bits per heavy atom. The van der Waals surface area contributed by atoms with Crippen LogP contribution in [0.2, 0.25) is 0 Å². The van der Waals surface area contributed by atoms with Gasteiger partial charge in [0.1, 0.15) is 10.9 Å².